The number of para-hydroxylation sites is 1. The number of benzene rings is 1. The summed E-state index contributed by atoms with van der Waals surface area (Å²) in [5.74, 6) is 0. The third kappa shape index (κ3) is 1.91. The van der Waals surface area contributed by atoms with Gasteiger partial charge in [-0.3, -0.25) is 0 Å². The molecule has 0 aromatic heterocycles. The summed E-state index contributed by atoms with van der Waals surface area (Å²) in [6, 6.07) is 6.34. The smallest absolute Gasteiger partial charge is 0.0695 e. The highest BCUT2D eigenvalue weighted by Crippen LogP contribution is 2.39. The van der Waals surface area contributed by atoms with Crippen molar-refractivity contribution >= 4 is 21.6 Å². The molecule has 0 saturated carbocycles. The molecule has 1 aromatic rings. The van der Waals surface area contributed by atoms with E-state index in [2.05, 4.69) is 46.4 Å². The van der Waals surface area contributed by atoms with Gasteiger partial charge >= 0.3 is 0 Å². The lowest BCUT2D eigenvalue weighted by molar-refractivity contribution is 0.143. The fourth-order valence-corrected chi connectivity index (χ4v) is 2.72. The van der Waals surface area contributed by atoms with Crippen LogP contribution >= 0.6 is 15.9 Å². The zero-order valence-corrected chi connectivity index (χ0v) is 10.7. The minimum atomic E-state index is 0.0843. The quantitative estimate of drug-likeness (QED) is 0.910. The van der Waals surface area contributed by atoms with Crippen LogP contribution in [0.15, 0.2) is 22.7 Å². The van der Waals surface area contributed by atoms with Crippen LogP contribution in [0.4, 0.5) is 5.69 Å². The Balaban J connectivity index is 2.31. The maximum atomic E-state index is 5.31. The minimum Gasteiger partial charge on any atom is -0.382 e. The third-order valence-electron chi connectivity index (χ3n) is 3.12. The molecule has 0 spiro atoms. The number of nitrogens with one attached hydrogen (secondary N) is 1. The highest BCUT2D eigenvalue weighted by molar-refractivity contribution is 9.10. The van der Waals surface area contributed by atoms with Gasteiger partial charge in [0.25, 0.3) is 0 Å². The molecular weight excluding hydrogens is 254 g/mol. The topological polar surface area (TPSA) is 21.3 Å². The van der Waals surface area contributed by atoms with Crippen LogP contribution in [0.5, 0.6) is 0 Å². The first-order valence-corrected chi connectivity index (χ1v) is 6.04. The summed E-state index contributed by atoms with van der Waals surface area (Å²) in [5, 5.41) is 3.59. The van der Waals surface area contributed by atoms with Gasteiger partial charge in [0.05, 0.1) is 17.8 Å². The van der Waals surface area contributed by atoms with Crippen molar-refractivity contribution in [2.75, 3.05) is 19.0 Å². The maximum Gasteiger partial charge on any atom is 0.0695 e. The van der Waals surface area contributed by atoms with E-state index in [1.165, 1.54) is 11.3 Å². The molecule has 3 heteroatoms. The summed E-state index contributed by atoms with van der Waals surface area (Å²) in [4.78, 5) is 0. The third-order valence-corrected chi connectivity index (χ3v) is 3.78. The van der Waals surface area contributed by atoms with Crippen molar-refractivity contribution in [3.8, 4) is 0 Å². The van der Waals surface area contributed by atoms with Crippen molar-refractivity contribution in [3.05, 3.63) is 28.2 Å². The number of halogens is 1. The highest BCUT2D eigenvalue weighted by atomic mass is 79.9. The van der Waals surface area contributed by atoms with Crippen molar-refractivity contribution in [2.45, 2.75) is 25.3 Å². The van der Waals surface area contributed by atoms with E-state index in [0.29, 0.717) is 0 Å². The van der Waals surface area contributed by atoms with Gasteiger partial charge in [-0.1, -0.05) is 19.1 Å². The Labute approximate surface area is 99.1 Å². The standard InChI is InChI=1S/C12H16BrNO/c1-3-12(8-15-2)7-9-5-4-6-10(13)11(9)14-12/h4-6,14H,3,7-8H2,1-2H3. The van der Waals surface area contributed by atoms with Gasteiger partial charge < -0.3 is 10.1 Å². The number of fused-ring (bicyclic) bond motifs is 1. The molecule has 1 aliphatic heterocycles. The Hall–Kier alpha value is -0.540. The molecule has 1 atom stereocenters. The van der Waals surface area contributed by atoms with Gasteiger partial charge in [0.1, 0.15) is 0 Å². The van der Waals surface area contributed by atoms with Crippen LogP contribution in [0.3, 0.4) is 0 Å². The summed E-state index contributed by atoms with van der Waals surface area (Å²) in [6.07, 6.45) is 2.12. The lowest BCUT2D eigenvalue weighted by Crippen LogP contribution is -2.40. The van der Waals surface area contributed by atoms with E-state index in [0.717, 1.165) is 23.9 Å². The van der Waals surface area contributed by atoms with Crippen LogP contribution in [0.2, 0.25) is 0 Å². The summed E-state index contributed by atoms with van der Waals surface area (Å²) >= 11 is 3.58. The second kappa shape index (κ2) is 4.14. The van der Waals surface area contributed by atoms with E-state index in [9.17, 15) is 0 Å². The molecule has 0 amide bonds. The Bertz CT molecular complexity index is 367. The van der Waals surface area contributed by atoms with Gasteiger partial charge in [0, 0.05) is 11.6 Å². The van der Waals surface area contributed by atoms with Crippen LogP contribution in [0, 0.1) is 0 Å². The zero-order valence-electron chi connectivity index (χ0n) is 9.14. The molecule has 2 nitrogen and oxygen atoms in total. The molecule has 0 aliphatic carbocycles. The van der Waals surface area contributed by atoms with Crippen molar-refractivity contribution in [2.24, 2.45) is 0 Å². The average molecular weight is 270 g/mol. The van der Waals surface area contributed by atoms with Crippen LogP contribution in [0.25, 0.3) is 0 Å². The normalized spacial score (nSPS) is 23.7. The summed E-state index contributed by atoms with van der Waals surface area (Å²) in [6.45, 7) is 2.95. The summed E-state index contributed by atoms with van der Waals surface area (Å²) < 4.78 is 6.46. The Kier molecular flexibility index (Phi) is 3.03. The molecule has 2 rings (SSSR count). The Morgan fingerprint density at radius 1 is 1.53 bits per heavy atom. The molecule has 1 aromatic carbocycles. The number of methoxy groups -OCH3 is 1. The lowest BCUT2D eigenvalue weighted by Gasteiger charge is -2.28. The van der Waals surface area contributed by atoms with Crippen molar-refractivity contribution < 1.29 is 4.74 Å². The SMILES string of the molecule is CCC1(COC)Cc2cccc(Br)c2N1. The molecule has 0 bridgehead atoms. The van der Waals surface area contributed by atoms with Gasteiger partial charge in [-0.15, -0.1) is 0 Å². The number of hydrogen-bond donors (Lipinski definition) is 1. The molecule has 0 fully saturated rings. The summed E-state index contributed by atoms with van der Waals surface area (Å²) in [7, 11) is 1.76. The first-order valence-electron chi connectivity index (χ1n) is 5.25. The van der Waals surface area contributed by atoms with Crippen LogP contribution in [-0.4, -0.2) is 19.3 Å². The first kappa shape index (κ1) is 11.0. The second-order valence-corrected chi connectivity index (χ2v) is 5.00. The zero-order chi connectivity index (χ0) is 10.9. The van der Waals surface area contributed by atoms with Gasteiger partial charge in [0.2, 0.25) is 0 Å². The number of rotatable bonds is 3. The van der Waals surface area contributed by atoms with Crippen molar-refractivity contribution in [1.29, 1.82) is 0 Å². The Morgan fingerprint density at radius 3 is 2.93 bits per heavy atom. The molecule has 1 aliphatic rings. The second-order valence-electron chi connectivity index (χ2n) is 4.14. The summed E-state index contributed by atoms with van der Waals surface area (Å²) in [5.41, 5.74) is 2.70. The molecule has 82 valence electrons. The van der Waals surface area contributed by atoms with Crippen LogP contribution in [0.1, 0.15) is 18.9 Å². The van der Waals surface area contributed by atoms with E-state index in [1.807, 2.05) is 0 Å². The predicted octanol–water partition coefficient (Wildman–Crippen LogP) is 3.21. The van der Waals surface area contributed by atoms with Crippen molar-refractivity contribution in [1.82, 2.24) is 0 Å². The van der Waals surface area contributed by atoms with E-state index < -0.39 is 0 Å². The van der Waals surface area contributed by atoms with E-state index in [-0.39, 0.29) is 5.54 Å². The van der Waals surface area contributed by atoms with E-state index in [1.54, 1.807) is 7.11 Å². The van der Waals surface area contributed by atoms with Crippen LogP contribution < -0.4 is 5.32 Å². The predicted molar refractivity (Wildman–Crippen MR) is 66.4 cm³/mol. The fraction of sp³-hybridized carbons (Fsp3) is 0.500. The minimum absolute atomic E-state index is 0.0843. The maximum absolute atomic E-state index is 5.31. The lowest BCUT2D eigenvalue weighted by atomic mass is 9.93. The molecule has 0 saturated heterocycles. The number of hydrogen-bond acceptors (Lipinski definition) is 2. The average Bonchev–Trinajstić information content (AvgIpc) is 2.59. The molecule has 1 N–H and O–H groups in total. The molecule has 15 heavy (non-hydrogen) atoms. The number of anilines is 1. The van der Waals surface area contributed by atoms with Gasteiger partial charge in [-0.05, 0) is 40.4 Å². The fourth-order valence-electron chi connectivity index (χ4n) is 2.21. The van der Waals surface area contributed by atoms with Gasteiger partial charge in [-0.25, -0.2) is 0 Å². The molecule has 1 heterocycles. The number of ether oxygens (including phenoxy) is 1. The van der Waals surface area contributed by atoms with Crippen LogP contribution in [-0.2, 0) is 11.2 Å². The van der Waals surface area contributed by atoms with E-state index in [4.69, 9.17) is 4.74 Å². The molecule has 1 unspecified atom stereocenters. The monoisotopic (exact) mass is 269 g/mol. The molecule has 0 radical (unpaired) electrons. The Morgan fingerprint density at radius 2 is 2.33 bits per heavy atom. The molecular formula is C12H16BrNO. The van der Waals surface area contributed by atoms with Gasteiger partial charge in [0.15, 0.2) is 0 Å². The van der Waals surface area contributed by atoms with Gasteiger partial charge in [-0.2, -0.15) is 0 Å². The largest absolute Gasteiger partial charge is 0.382 e. The first-order chi connectivity index (χ1) is 7.21. The van der Waals surface area contributed by atoms with E-state index >= 15 is 0 Å². The highest BCUT2D eigenvalue weighted by Gasteiger charge is 2.35. The van der Waals surface area contributed by atoms with Crippen molar-refractivity contribution in [3.63, 3.8) is 0 Å².